The van der Waals surface area contributed by atoms with E-state index in [2.05, 4.69) is 19.6 Å². The van der Waals surface area contributed by atoms with Crippen molar-refractivity contribution in [2.24, 2.45) is 0 Å². The Balaban J connectivity index is 2.43. The number of carbonyl (C=O) groups excluding carboxylic acids is 1. The lowest BCUT2D eigenvalue weighted by Crippen LogP contribution is -2.08. The number of hydrogen-bond acceptors (Lipinski definition) is 6. The highest BCUT2D eigenvalue weighted by atomic mass is 19.3. The normalized spacial score (nSPS) is 10.7. The SMILES string of the molecule is COC(=O)c1ncn(-c2cc(OC(F)F)c(F)cc2N)n1. The summed E-state index contributed by atoms with van der Waals surface area (Å²) in [5.41, 5.74) is 5.50. The molecule has 0 aliphatic rings. The molecule has 0 aliphatic heterocycles. The number of alkyl halides is 2. The van der Waals surface area contributed by atoms with Crippen molar-refractivity contribution in [3.63, 3.8) is 0 Å². The predicted molar refractivity (Wildman–Crippen MR) is 63.7 cm³/mol. The maximum Gasteiger partial charge on any atom is 0.387 e. The molecular weight excluding hydrogens is 293 g/mol. The zero-order valence-electron chi connectivity index (χ0n) is 10.6. The number of aromatic nitrogens is 3. The van der Waals surface area contributed by atoms with E-state index in [9.17, 15) is 18.0 Å². The second kappa shape index (κ2) is 5.69. The molecule has 0 unspecified atom stereocenters. The lowest BCUT2D eigenvalue weighted by atomic mass is 10.2. The first-order chi connectivity index (χ1) is 9.92. The van der Waals surface area contributed by atoms with Crippen molar-refractivity contribution in [1.82, 2.24) is 14.8 Å². The van der Waals surface area contributed by atoms with Crippen molar-refractivity contribution in [2.45, 2.75) is 6.61 Å². The standard InChI is InChI=1S/C11H9F3N4O3/c1-20-10(19)9-16-4-18(17-9)7-3-8(21-11(13)14)5(12)2-6(7)15/h2-4,11H,15H2,1H3. The average molecular weight is 302 g/mol. The van der Waals surface area contributed by atoms with E-state index in [0.29, 0.717) is 0 Å². The molecule has 0 aliphatic carbocycles. The second-order valence-corrected chi connectivity index (χ2v) is 3.72. The zero-order chi connectivity index (χ0) is 15.6. The van der Waals surface area contributed by atoms with Crippen LogP contribution in [0, 0.1) is 5.82 Å². The Morgan fingerprint density at radius 1 is 1.43 bits per heavy atom. The van der Waals surface area contributed by atoms with Crippen LogP contribution in [0.2, 0.25) is 0 Å². The van der Waals surface area contributed by atoms with Crippen LogP contribution in [0.4, 0.5) is 18.9 Å². The molecule has 10 heteroatoms. The van der Waals surface area contributed by atoms with Gasteiger partial charge in [0.1, 0.15) is 6.33 Å². The molecule has 1 aromatic heterocycles. The number of benzene rings is 1. The molecular formula is C11H9F3N4O3. The first kappa shape index (κ1) is 14.6. The van der Waals surface area contributed by atoms with Crippen molar-refractivity contribution in [3.05, 3.63) is 30.1 Å². The van der Waals surface area contributed by atoms with E-state index in [0.717, 1.165) is 30.3 Å². The Morgan fingerprint density at radius 3 is 2.76 bits per heavy atom. The fraction of sp³-hybridized carbons (Fsp3) is 0.182. The topological polar surface area (TPSA) is 92.3 Å². The van der Waals surface area contributed by atoms with E-state index in [1.165, 1.54) is 0 Å². The summed E-state index contributed by atoms with van der Waals surface area (Å²) in [6.45, 7) is -3.20. The summed E-state index contributed by atoms with van der Waals surface area (Å²) < 4.78 is 47.2. The highest BCUT2D eigenvalue weighted by molar-refractivity contribution is 5.84. The van der Waals surface area contributed by atoms with Crippen molar-refractivity contribution in [3.8, 4) is 11.4 Å². The Hall–Kier alpha value is -2.78. The van der Waals surface area contributed by atoms with Crippen molar-refractivity contribution >= 4 is 11.7 Å². The monoisotopic (exact) mass is 302 g/mol. The number of esters is 1. The number of nitrogens with two attached hydrogens (primary N) is 1. The van der Waals surface area contributed by atoms with Gasteiger partial charge in [0.25, 0.3) is 5.82 Å². The number of nitrogen functional groups attached to an aromatic ring is 1. The van der Waals surface area contributed by atoms with Gasteiger partial charge in [0.2, 0.25) is 0 Å². The van der Waals surface area contributed by atoms with Gasteiger partial charge in [0, 0.05) is 12.1 Å². The van der Waals surface area contributed by atoms with Crippen LogP contribution in [0.15, 0.2) is 18.5 Å². The van der Waals surface area contributed by atoms with Crippen LogP contribution < -0.4 is 10.5 Å². The van der Waals surface area contributed by atoms with E-state index in [1.54, 1.807) is 0 Å². The summed E-state index contributed by atoms with van der Waals surface area (Å²) in [5, 5.41) is 3.75. The number of carbonyl (C=O) groups is 1. The number of rotatable bonds is 4. The molecule has 0 fully saturated rings. The van der Waals surface area contributed by atoms with E-state index in [1.807, 2.05) is 0 Å². The van der Waals surface area contributed by atoms with Crippen LogP contribution in [0.5, 0.6) is 5.75 Å². The number of hydrogen-bond donors (Lipinski definition) is 1. The van der Waals surface area contributed by atoms with Crippen molar-refractivity contribution in [2.75, 3.05) is 12.8 Å². The molecule has 2 rings (SSSR count). The van der Waals surface area contributed by atoms with E-state index in [4.69, 9.17) is 5.73 Å². The zero-order valence-corrected chi connectivity index (χ0v) is 10.6. The van der Waals surface area contributed by atoms with E-state index < -0.39 is 24.1 Å². The molecule has 0 radical (unpaired) electrons. The van der Waals surface area contributed by atoms with E-state index >= 15 is 0 Å². The van der Waals surface area contributed by atoms with Gasteiger partial charge < -0.3 is 15.2 Å². The van der Waals surface area contributed by atoms with Gasteiger partial charge in [-0.2, -0.15) is 8.78 Å². The van der Waals surface area contributed by atoms with Gasteiger partial charge in [0.05, 0.1) is 18.5 Å². The Labute approximate surface area is 116 Å². The molecule has 0 saturated heterocycles. The third-order valence-corrected chi connectivity index (χ3v) is 2.40. The quantitative estimate of drug-likeness (QED) is 0.677. The van der Waals surface area contributed by atoms with Gasteiger partial charge in [-0.15, -0.1) is 5.10 Å². The molecule has 112 valence electrons. The molecule has 0 bridgehead atoms. The second-order valence-electron chi connectivity index (χ2n) is 3.72. The van der Waals surface area contributed by atoms with Gasteiger partial charge in [-0.05, 0) is 0 Å². The minimum absolute atomic E-state index is 0.0229. The lowest BCUT2D eigenvalue weighted by Gasteiger charge is -2.10. The van der Waals surface area contributed by atoms with Gasteiger partial charge in [0.15, 0.2) is 11.6 Å². The summed E-state index contributed by atoms with van der Waals surface area (Å²) in [4.78, 5) is 14.9. The minimum Gasteiger partial charge on any atom is -0.463 e. The molecule has 2 aromatic rings. The molecule has 21 heavy (non-hydrogen) atoms. The Morgan fingerprint density at radius 2 is 2.14 bits per heavy atom. The van der Waals surface area contributed by atoms with E-state index in [-0.39, 0.29) is 17.2 Å². The molecule has 0 atom stereocenters. The fourth-order valence-electron chi connectivity index (χ4n) is 1.51. The molecule has 1 aromatic carbocycles. The molecule has 1 heterocycles. The lowest BCUT2D eigenvalue weighted by molar-refractivity contribution is -0.0521. The van der Waals surface area contributed by atoms with Crippen molar-refractivity contribution in [1.29, 1.82) is 0 Å². The van der Waals surface area contributed by atoms with Gasteiger partial charge in [-0.25, -0.2) is 18.9 Å². The number of ether oxygens (including phenoxy) is 2. The third-order valence-electron chi connectivity index (χ3n) is 2.40. The van der Waals surface area contributed by atoms with Gasteiger partial charge in [-0.1, -0.05) is 0 Å². The highest BCUT2D eigenvalue weighted by Crippen LogP contribution is 2.27. The summed E-state index contributed by atoms with van der Waals surface area (Å²) >= 11 is 0. The molecule has 2 N–H and O–H groups in total. The summed E-state index contributed by atoms with van der Waals surface area (Å²) in [7, 11) is 1.14. The number of halogens is 3. The van der Waals surface area contributed by atoms with Crippen LogP contribution in [0.25, 0.3) is 5.69 Å². The average Bonchev–Trinajstić information content (AvgIpc) is 2.90. The molecule has 0 amide bonds. The molecule has 0 saturated carbocycles. The maximum atomic E-state index is 13.4. The smallest absolute Gasteiger partial charge is 0.387 e. The van der Waals surface area contributed by atoms with Crippen LogP contribution in [-0.2, 0) is 4.74 Å². The van der Waals surface area contributed by atoms with Crippen LogP contribution in [0.3, 0.4) is 0 Å². The fourth-order valence-corrected chi connectivity index (χ4v) is 1.51. The first-order valence-electron chi connectivity index (χ1n) is 5.46. The summed E-state index contributed by atoms with van der Waals surface area (Å²) in [6, 6.07) is 1.72. The summed E-state index contributed by atoms with van der Waals surface area (Å²) in [6.07, 6.45) is 1.10. The summed E-state index contributed by atoms with van der Waals surface area (Å²) in [5.74, 6) is -2.81. The predicted octanol–water partition coefficient (Wildman–Crippen LogP) is 1.38. The van der Waals surface area contributed by atoms with Crippen molar-refractivity contribution < 1.29 is 27.4 Å². The highest BCUT2D eigenvalue weighted by Gasteiger charge is 2.17. The Kier molecular flexibility index (Phi) is 3.96. The molecule has 7 nitrogen and oxygen atoms in total. The third kappa shape index (κ3) is 3.04. The number of anilines is 1. The minimum atomic E-state index is -3.20. The molecule has 0 spiro atoms. The van der Waals surface area contributed by atoms with Crippen LogP contribution >= 0.6 is 0 Å². The van der Waals surface area contributed by atoms with Gasteiger partial charge in [-0.3, -0.25) is 0 Å². The van der Waals surface area contributed by atoms with Crippen LogP contribution in [0.1, 0.15) is 10.6 Å². The number of nitrogens with zero attached hydrogens (tertiary/aromatic N) is 3. The van der Waals surface area contributed by atoms with Gasteiger partial charge >= 0.3 is 12.6 Å². The maximum absolute atomic E-state index is 13.4. The Bertz CT molecular complexity index is 675. The first-order valence-corrected chi connectivity index (χ1v) is 5.46. The number of methoxy groups -OCH3 is 1. The largest absolute Gasteiger partial charge is 0.463 e. The van der Waals surface area contributed by atoms with Crippen LogP contribution in [-0.4, -0.2) is 34.5 Å².